The first-order valence-electron chi connectivity index (χ1n) is 7.28. The van der Waals surface area contributed by atoms with Crippen LogP contribution in [0.3, 0.4) is 0 Å². The SMILES string of the molecule is O=C(c1ccccc1Cl)N1CCC(c2cccs2)S(=O)(=O)CC1. The number of rotatable bonds is 2. The van der Waals surface area contributed by atoms with E-state index in [4.69, 9.17) is 11.6 Å². The molecule has 1 amide bonds. The van der Waals surface area contributed by atoms with E-state index in [1.807, 2.05) is 17.5 Å². The van der Waals surface area contributed by atoms with E-state index in [9.17, 15) is 13.2 Å². The highest BCUT2D eigenvalue weighted by Crippen LogP contribution is 2.32. The van der Waals surface area contributed by atoms with E-state index in [1.165, 1.54) is 11.3 Å². The van der Waals surface area contributed by atoms with Gasteiger partial charge in [-0.05, 0) is 30.0 Å². The number of halogens is 1. The van der Waals surface area contributed by atoms with Gasteiger partial charge in [-0.3, -0.25) is 4.79 Å². The van der Waals surface area contributed by atoms with Crippen molar-refractivity contribution in [3.8, 4) is 0 Å². The second kappa shape index (κ2) is 6.63. The summed E-state index contributed by atoms with van der Waals surface area (Å²) in [5, 5.41) is 1.74. The quantitative estimate of drug-likeness (QED) is 0.815. The van der Waals surface area contributed by atoms with Crippen LogP contribution in [0.15, 0.2) is 41.8 Å². The molecular weight excluding hydrogens is 354 g/mol. The van der Waals surface area contributed by atoms with E-state index >= 15 is 0 Å². The zero-order chi connectivity index (χ0) is 16.4. The number of hydrogen-bond acceptors (Lipinski definition) is 4. The van der Waals surface area contributed by atoms with Crippen molar-refractivity contribution >= 4 is 38.7 Å². The van der Waals surface area contributed by atoms with Crippen molar-refractivity contribution < 1.29 is 13.2 Å². The third kappa shape index (κ3) is 3.44. The lowest BCUT2D eigenvalue weighted by Crippen LogP contribution is -2.33. The molecule has 0 aliphatic carbocycles. The molecule has 1 fully saturated rings. The van der Waals surface area contributed by atoms with Gasteiger partial charge in [-0.15, -0.1) is 11.3 Å². The maximum atomic E-state index is 12.6. The van der Waals surface area contributed by atoms with E-state index in [0.717, 1.165) is 4.88 Å². The molecule has 0 bridgehead atoms. The van der Waals surface area contributed by atoms with Gasteiger partial charge >= 0.3 is 0 Å². The molecule has 1 aromatic carbocycles. The normalized spacial score (nSPS) is 20.9. The molecule has 7 heteroatoms. The number of benzene rings is 1. The van der Waals surface area contributed by atoms with Crippen molar-refractivity contribution in [3.63, 3.8) is 0 Å². The van der Waals surface area contributed by atoms with Crippen LogP contribution in [0.25, 0.3) is 0 Å². The largest absolute Gasteiger partial charge is 0.338 e. The summed E-state index contributed by atoms with van der Waals surface area (Å²) >= 11 is 7.53. The Hall–Kier alpha value is -1.37. The lowest BCUT2D eigenvalue weighted by Gasteiger charge is -2.20. The Bertz CT molecular complexity index is 802. The molecule has 4 nitrogen and oxygen atoms in total. The zero-order valence-electron chi connectivity index (χ0n) is 12.3. The molecule has 1 saturated heterocycles. The summed E-state index contributed by atoms with van der Waals surface area (Å²) in [6, 6.07) is 10.5. The Labute approximate surface area is 144 Å². The van der Waals surface area contributed by atoms with Gasteiger partial charge in [-0.1, -0.05) is 29.8 Å². The summed E-state index contributed by atoms with van der Waals surface area (Å²) in [5.41, 5.74) is 0.418. The summed E-state index contributed by atoms with van der Waals surface area (Å²) in [4.78, 5) is 15.1. The van der Waals surface area contributed by atoms with Gasteiger partial charge in [0.15, 0.2) is 9.84 Å². The minimum Gasteiger partial charge on any atom is -0.338 e. The fourth-order valence-electron chi connectivity index (χ4n) is 2.75. The first-order chi connectivity index (χ1) is 11.0. The lowest BCUT2D eigenvalue weighted by atomic mass is 10.2. The minimum absolute atomic E-state index is 0.0221. The van der Waals surface area contributed by atoms with Crippen LogP contribution in [-0.2, 0) is 9.84 Å². The standard InChI is InChI=1S/C16H16ClNO3S2/c17-13-5-2-1-4-12(13)16(19)18-8-7-15(14-6-3-10-22-14)23(20,21)11-9-18/h1-6,10,15H,7-9,11H2. The van der Waals surface area contributed by atoms with Crippen LogP contribution in [-0.4, -0.2) is 38.1 Å². The smallest absolute Gasteiger partial charge is 0.255 e. The Morgan fingerprint density at radius 3 is 2.65 bits per heavy atom. The molecule has 0 spiro atoms. The number of nitrogens with zero attached hydrogens (tertiary/aromatic N) is 1. The Balaban J connectivity index is 1.83. The molecule has 0 radical (unpaired) electrons. The molecule has 122 valence electrons. The molecule has 1 aliphatic heterocycles. The number of carbonyl (C=O) groups is 1. The van der Waals surface area contributed by atoms with Gasteiger partial charge in [0.1, 0.15) is 0 Å². The molecule has 3 rings (SSSR count). The van der Waals surface area contributed by atoms with Crippen LogP contribution in [0, 0.1) is 0 Å². The first kappa shape index (κ1) is 16.5. The molecule has 2 heterocycles. The van der Waals surface area contributed by atoms with Crippen molar-refractivity contribution in [1.82, 2.24) is 4.90 Å². The van der Waals surface area contributed by atoms with E-state index in [0.29, 0.717) is 23.6 Å². The van der Waals surface area contributed by atoms with Gasteiger partial charge in [0.05, 0.1) is 21.6 Å². The van der Waals surface area contributed by atoms with Crippen LogP contribution in [0.2, 0.25) is 5.02 Å². The van der Waals surface area contributed by atoms with E-state index < -0.39 is 15.1 Å². The van der Waals surface area contributed by atoms with Crippen molar-refractivity contribution in [2.24, 2.45) is 0 Å². The number of amides is 1. The highest BCUT2D eigenvalue weighted by molar-refractivity contribution is 7.91. The average molecular weight is 370 g/mol. The maximum absolute atomic E-state index is 12.6. The van der Waals surface area contributed by atoms with Crippen molar-refractivity contribution in [1.29, 1.82) is 0 Å². The van der Waals surface area contributed by atoms with Crippen LogP contribution in [0.5, 0.6) is 0 Å². The molecule has 1 aromatic heterocycles. The maximum Gasteiger partial charge on any atom is 0.255 e. The number of carbonyl (C=O) groups excluding carboxylic acids is 1. The van der Waals surface area contributed by atoms with Gasteiger partial charge in [0.25, 0.3) is 5.91 Å². The third-order valence-electron chi connectivity index (χ3n) is 3.99. The molecular formula is C16H16ClNO3S2. The molecule has 23 heavy (non-hydrogen) atoms. The summed E-state index contributed by atoms with van der Waals surface area (Å²) in [6.45, 7) is 0.611. The van der Waals surface area contributed by atoms with Gasteiger partial charge in [0.2, 0.25) is 0 Å². The van der Waals surface area contributed by atoms with Crippen LogP contribution in [0.1, 0.15) is 26.9 Å². The number of hydrogen-bond donors (Lipinski definition) is 0. The van der Waals surface area contributed by atoms with E-state index in [1.54, 1.807) is 29.2 Å². The van der Waals surface area contributed by atoms with Crippen LogP contribution < -0.4 is 0 Å². The summed E-state index contributed by atoms with van der Waals surface area (Å²) in [6.07, 6.45) is 0.416. The molecule has 1 atom stereocenters. The fourth-order valence-corrected chi connectivity index (χ4v) is 5.97. The van der Waals surface area contributed by atoms with E-state index in [2.05, 4.69) is 0 Å². The number of thiophene rings is 1. The molecule has 0 N–H and O–H groups in total. The Morgan fingerprint density at radius 2 is 1.96 bits per heavy atom. The average Bonchev–Trinajstić information content (AvgIpc) is 2.99. The molecule has 2 aromatic rings. The zero-order valence-corrected chi connectivity index (χ0v) is 14.7. The Morgan fingerprint density at radius 1 is 1.17 bits per heavy atom. The van der Waals surface area contributed by atoms with Gasteiger partial charge < -0.3 is 4.90 Å². The third-order valence-corrected chi connectivity index (χ3v) is 7.57. The summed E-state index contributed by atoms with van der Waals surface area (Å²) in [7, 11) is -3.26. The predicted octanol–water partition coefficient (Wildman–Crippen LogP) is 3.40. The van der Waals surface area contributed by atoms with Crippen molar-refractivity contribution in [3.05, 3.63) is 57.2 Å². The van der Waals surface area contributed by atoms with E-state index in [-0.39, 0.29) is 18.2 Å². The topological polar surface area (TPSA) is 54.5 Å². The molecule has 1 unspecified atom stereocenters. The second-order valence-electron chi connectivity index (χ2n) is 5.43. The molecule has 1 aliphatic rings. The van der Waals surface area contributed by atoms with Crippen LogP contribution >= 0.6 is 22.9 Å². The lowest BCUT2D eigenvalue weighted by molar-refractivity contribution is 0.0767. The van der Waals surface area contributed by atoms with Crippen molar-refractivity contribution in [2.45, 2.75) is 11.7 Å². The summed E-state index contributed by atoms with van der Waals surface area (Å²) < 4.78 is 25.0. The minimum atomic E-state index is -3.26. The van der Waals surface area contributed by atoms with Crippen molar-refractivity contribution in [2.75, 3.05) is 18.8 Å². The first-order valence-corrected chi connectivity index (χ1v) is 10.2. The van der Waals surface area contributed by atoms with Gasteiger partial charge in [-0.25, -0.2) is 8.42 Å². The predicted molar refractivity (Wildman–Crippen MR) is 92.8 cm³/mol. The Kier molecular flexibility index (Phi) is 4.75. The highest BCUT2D eigenvalue weighted by Gasteiger charge is 2.33. The number of sulfone groups is 1. The van der Waals surface area contributed by atoms with Gasteiger partial charge in [0, 0.05) is 18.0 Å². The molecule has 0 saturated carbocycles. The van der Waals surface area contributed by atoms with Gasteiger partial charge in [-0.2, -0.15) is 0 Å². The van der Waals surface area contributed by atoms with Crippen LogP contribution in [0.4, 0.5) is 0 Å². The fraction of sp³-hybridized carbons (Fsp3) is 0.312. The highest BCUT2D eigenvalue weighted by atomic mass is 35.5. The monoisotopic (exact) mass is 369 g/mol. The second-order valence-corrected chi connectivity index (χ2v) is 9.12. The summed E-state index contributed by atoms with van der Waals surface area (Å²) in [5.74, 6) is -0.233.